The number of aromatic nitrogens is 3. The average Bonchev–Trinajstić information content (AvgIpc) is 2.81. The first-order valence-corrected chi connectivity index (χ1v) is 6.74. The van der Waals surface area contributed by atoms with E-state index in [1.807, 2.05) is 38.2 Å². The highest BCUT2D eigenvalue weighted by molar-refractivity contribution is 5.93. The van der Waals surface area contributed by atoms with Crippen LogP contribution in [0.4, 0.5) is 0 Å². The Morgan fingerprint density at radius 3 is 2.76 bits per heavy atom. The number of aryl methyl sites for hydroxylation is 2. The number of nitrogens with zero attached hydrogens (tertiary/aromatic N) is 3. The van der Waals surface area contributed by atoms with Crippen molar-refractivity contribution in [2.75, 3.05) is 7.05 Å². The number of hydrogen-bond acceptors (Lipinski definition) is 3. The number of carbonyl (C=O) groups excluding carboxylic acids is 1. The first-order valence-electron chi connectivity index (χ1n) is 6.74. The van der Waals surface area contributed by atoms with Crippen molar-refractivity contribution in [1.82, 2.24) is 19.7 Å². The fourth-order valence-electron chi connectivity index (χ4n) is 2.31. The van der Waals surface area contributed by atoms with Crippen molar-refractivity contribution >= 4 is 11.6 Å². The molecule has 0 aliphatic carbocycles. The Bertz CT molecular complexity index is 835. The van der Waals surface area contributed by atoms with Gasteiger partial charge in [0.05, 0.1) is 5.69 Å². The van der Waals surface area contributed by atoms with Crippen molar-refractivity contribution in [3.8, 4) is 11.1 Å². The summed E-state index contributed by atoms with van der Waals surface area (Å²) in [4.78, 5) is 20.3. The second-order valence-corrected chi connectivity index (χ2v) is 4.94. The van der Waals surface area contributed by atoms with E-state index in [1.54, 1.807) is 19.3 Å². The second kappa shape index (κ2) is 5.01. The number of amides is 1. The maximum atomic E-state index is 11.7. The van der Waals surface area contributed by atoms with E-state index in [0.29, 0.717) is 5.69 Å². The van der Waals surface area contributed by atoms with E-state index < -0.39 is 0 Å². The number of pyridine rings is 2. The molecule has 0 saturated carbocycles. The SMILES string of the molecule is CNC(=O)c1cc(-c2ccc3nc(C)c(C)n3c2)ccn1. The van der Waals surface area contributed by atoms with Crippen LogP contribution in [0.1, 0.15) is 21.9 Å². The molecule has 0 aromatic carbocycles. The molecule has 0 atom stereocenters. The molecule has 0 radical (unpaired) electrons. The van der Waals surface area contributed by atoms with Crippen LogP contribution in [0.2, 0.25) is 0 Å². The minimum Gasteiger partial charge on any atom is -0.354 e. The summed E-state index contributed by atoms with van der Waals surface area (Å²) >= 11 is 0. The monoisotopic (exact) mass is 280 g/mol. The van der Waals surface area contributed by atoms with Gasteiger partial charge in [-0.2, -0.15) is 0 Å². The van der Waals surface area contributed by atoms with E-state index >= 15 is 0 Å². The fraction of sp³-hybridized carbons (Fsp3) is 0.188. The second-order valence-electron chi connectivity index (χ2n) is 4.94. The summed E-state index contributed by atoms with van der Waals surface area (Å²) in [5, 5.41) is 2.59. The maximum Gasteiger partial charge on any atom is 0.269 e. The third-order valence-electron chi connectivity index (χ3n) is 3.65. The first-order chi connectivity index (χ1) is 10.1. The van der Waals surface area contributed by atoms with E-state index in [-0.39, 0.29) is 5.91 Å². The molecule has 0 spiro atoms. The highest BCUT2D eigenvalue weighted by Gasteiger charge is 2.09. The van der Waals surface area contributed by atoms with Gasteiger partial charge in [-0.3, -0.25) is 9.78 Å². The largest absolute Gasteiger partial charge is 0.354 e. The van der Waals surface area contributed by atoms with Gasteiger partial charge in [-0.25, -0.2) is 4.98 Å². The molecule has 0 saturated heterocycles. The van der Waals surface area contributed by atoms with Gasteiger partial charge in [0.1, 0.15) is 11.3 Å². The molecule has 0 aliphatic rings. The zero-order valence-corrected chi connectivity index (χ0v) is 12.2. The summed E-state index contributed by atoms with van der Waals surface area (Å²) in [6.07, 6.45) is 3.68. The molecule has 21 heavy (non-hydrogen) atoms. The molecule has 5 nitrogen and oxygen atoms in total. The number of fused-ring (bicyclic) bond motifs is 1. The van der Waals surface area contributed by atoms with Gasteiger partial charge >= 0.3 is 0 Å². The van der Waals surface area contributed by atoms with Crippen LogP contribution in [0.5, 0.6) is 0 Å². The molecule has 106 valence electrons. The molecule has 3 aromatic heterocycles. The summed E-state index contributed by atoms with van der Waals surface area (Å²) in [6, 6.07) is 7.67. The van der Waals surface area contributed by atoms with Crippen LogP contribution in [-0.4, -0.2) is 27.3 Å². The number of hydrogen-bond donors (Lipinski definition) is 1. The first kappa shape index (κ1) is 13.3. The Balaban J connectivity index is 2.12. The molecule has 0 bridgehead atoms. The van der Waals surface area contributed by atoms with Crippen LogP contribution in [0.3, 0.4) is 0 Å². The lowest BCUT2D eigenvalue weighted by atomic mass is 10.1. The Morgan fingerprint density at radius 2 is 2.00 bits per heavy atom. The van der Waals surface area contributed by atoms with Crippen molar-refractivity contribution in [2.45, 2.75) is 13.8 Å². The predicted octanol–water partition coefficient (Wildman–Crippen LogP) is 2.37. The zero-order valence-electron chi connectivity index (χ0n) is 12.2. The van der Waals surface area contributed by atoms with Gasteiger partial charge in [0.15, 0.2) is 0 Å². The smallest absolute Gasteiger partial charge is 0.269 e. The van der Waals surface area contributed by atoms with Crippen LogP contribution < -0.4 is 5.32 Å². The summed E-state index contributed by atoms with van der Waals surface area (Å²) in [7, 11) is 1.60. The van der Waals surface area contributed by atoms with Gasteiger partial charge < -0.3 is 9.72 Å². The quantitative estimate of drug-likeness (QED) is 0.784. The van der Waals surface area contributed by atoms with Crippen molar-refractivity contribution in [3.05, 3.63) is 53.7 Å². The molecular weight excluding hydrogens is 264 g/mol. The molecule has 3 aromatic rings. The number of rotatable bonds is 2. The molecule has 1 amide bonds. The number of imidazole rings is 1. The standard InChI is InChI=1S/C16H16N4O/c1-10-11(2)20-9-13(4-5-15(20)19-10)12-6-7-18-14(8-12)16(21)17-3/h4-9H,1-3H3,(H,17,21). The van der Waals surface area contributed by atoms with Gasteiger partial charge in [-0.1, -0.05) is 0 Å². The fourth-order valence-corrected chi connectivity index (χ4v) is 2.31. The van der Waals surface area contributed by atoms with E-state index in [1.165, 1.54) is 0 Å². The zero-order chi connectivity index (χ0) is 15.0. The summed E-state index contributed by atoms with van der Waals surface area (Å²) in [5.74, 6) is -0.187. The van der Waals surface area contributed by atoms with Crippen LogP contribution in [0, 0.1) is 13.8 Å². The third kappa shape index (κ3) is 2.27. The minimum absolute atomic E-state index is 0.187. The molecule has 3 rings (SSSR count). The molecule has 3 heterocycles. The number of carbonyl (C=O) groups is 1. The van der Waals surface area contributed by atoms with Crippen LogP contribution >= 0.6 is 0 Å². The molecule has 0 aliphatic heterocycles. The predicted molar refractivity (Wildman–Crippen MR) is 81.3 cm³/mol. The van der Waals surface area contributed by atoms with E-state index in [9.17, 15) is 4.79 Å². The highest BCUT2D eigenvalue weighted by atomic mass is 16.1. The average molecular weight is 280 g/mol. The lowest BCUT2D eigenvalue weighted by Gasteiger charge is -2.06. The van der Waals surface area contributed by atoms with Crippen molar-refractivity contribution in [1.29, 1.82) is 0 Å². The molecule has 0 fully saturated rings. The van der Waals surface area contributed by atoms with E-state index in [0.717, 1.165) is 28.2 Å². The van der Waals surface area contributed by atoms with Crippen molar-refractivity contribution < 1.29 is 4.79 Å². The Morgan fingerprint density at radius 1 is 1.19 bits per heavy atom. The lowest BCUT2D eigenvalue weighted by Crippen LogP contribution is -2.19. The van der Waals surface area contributed by atoms with Crippen molar-refractivity contribution in [3.63, 3.8) is 0 Å². The van der Waals surface area contributed by atoms with Crippen LogP contribution in [0.15, 0.2) is 36.7 Å². The Kier molecular flexibility index (Phi) is 3.17. The van der Waals surface area contributed by atoms with E-state index in [4.69, 9.17) is 0 Å². The molecule has 5 heteroatoms. The lowest BCUT2D eigenvalue weighted by molar-refractivity contribution is 0.0958. The minimum atomic E-state index is -0.187. The Labute approximate surface area is 122 Å². The third-order valence-corrected chi connectivity index (χ3v) is 3.65. The summed E-state index contributed by atoms with van der Waals surface area (Å²) in [5.41, 5.74) is 5.45. The van der Waals surface area contributed by atoms with Gasteiger partial charge in [0, 0.05) is 25.1 Å². The van der Waals surface area contributed by atoms with Crippen LogP contribution in [-0.2, 0) is 0 Å². The summed E-state index contributed by atoms with van der Waals surface area (Å²) in [6.45, 7) is 4.04. The van der Waals surface area contributed by atoms with Crippen LogP contribution in [0.25, 0.3) is 16.8 Å². The topological polar surface area (TPSA) is 59.3 Å². The molecular formula is C16H16N4O. The van der Waals surface area contributed by atoms with Crippen molar-refractivity contribution in [2.24, 2.45) is 0 Å². The van der Waals surface area contributed by atoms with Gasteiger partial charge in [0.2, 0.25) is 0 Å². The van der Waals surface area contributed by atoms with Gasteiger partial charge in [-0.05, 0) is 49.2 Å². The molecule has 0 unspecified atom stereocenters. The molecule has 1 N–H and O–H groups in total. The summed E-state index contributed by atoms with van der Waals surface area (Å²) < 4.78 is 2.06. The van der Waals surface area contributed by atoms with Gasteiger partial charge in [-0.15, -0.1) is 0 Å². The number of nitrogens with one attached hydrogen (secondary N) is 1. The Hall–Kier alpha value is -2.69. The normalized spacial score (nSPS) is 10.8. The maximum absolute atomic E-state index is 11.7. The van der Waals surface area contributed by atoms with E-state index in [2.05, 4.69) is 19.7 Å². The van der Waals surface area contributed by atoms with Gasteiger partial charge in [0.25, 0.3) is 5.91 Å². The highest BCUT2D eigenvalue weighted by Crippen LogP contribution is 2.22.